The number of ketones is 1. The molecular weight excluding hydrogens is 214 g/mol. The number of hydrogen-bond donors (Lipinski definition) is 0. The van der Waals surface area contributed by atoms with Crippen molar-refractivity contribution in [2.24, 2.45) is 0 Å². The number of halogens is 2. The summed E-state index contributed by atoms with van der Waals surface area (Å²) >= 11 is 0. The summed E-state index contributed by atoms with van der Waals surface area (Å²) in [5.74, 6) is -4.96. The molecule has 1 rings (SSSR count). The number of rotatable bonds is 5. The third kappa shape index (κ3) is 3.38. The van der Waals surface area contributed by atoms with Crippen LogP contribution in [0.25, 0.3) is 6.08 Å². The molecule has 0 spiro atoms. The van der Waals surface area contributed by atoms with Crippen LogP contribution in [0.5, 0.6) is 0 Å². The van der Waals surface area contributed by atoms with Crippen molar-refractivity contribution in [3.05, 3.63) is 42.0 Å². The molecule has 0 radical (unpaired) electrons. The summed E-state index contributed by atoms with van der Waals surface area (Å²) in [4.78, 5) is 21.0. The average Bonchev–Trinajstić information content (AvgIpc) is 2.27. The highest BCUT2D eigenvalue weighted by Crippen LogP contribution is 2.19. The Balaban J connectivity index is 2.71. The van der Waals surface area contributed by atoms with Crippen LogP contribution in [-0.2, 0) is 9.59 Å². The normalized spacial score (nSPS) is 11.6. The lowest BCUT2D eigenvalue weighted by Gasteiger charge is -2.07. The highest BCUT2D eigenvalue weighted by atomic mass is 19.3. The van der Waals surface area contributed by atoms with E-state index >= 15 is 0 Å². The Morgan fingerprint density at radius 3 is 2.44 bits per heavy atom. The van der Waals surface area contributed by atoms with E-state index in [-0.39, 0.29) is 6.29 Å². The van der Waals surface area contributed by atoms with Crippen molar-refractivity contribution in [2.45, 2.75) is 12.3 Å². The van der Waals surface area contributed by atoms with Crippen LogP contribution in [0.4, 0.5) is 8.78 Å². The summed E-state index contributed by atoms with van der Waals surface area (Å²) < 4.78 is 25.8. The molecule has 84 valence electrons. The van der Waals surface area contributed by atoms with Crippen molar-refractivity contribution in [3.8, 4) is 0 Å². The molecule has 0 saturated heterocycles. The van der Waals surface area contributed by atoms with Gasteiger partial charge < -0.3 is 4.79 Å². The van der Waals surface area contributed by atoms with E-state index in [1.54, 1.807) is 30.3 Å². The first kappa shape index (κ1) is 12.2. The predicted octanol–water partition coefficient (Wildman–Crippen LogP) is 2.49. The Bertz CT molecular complexity index is 397. The Hall–Kier alpha value is -1.84. The van der Waals surface area contributed by atoms with E-state index in [1.807, 2.05) is 0 Å². The van der Waals surface area contributed by atoms with Gasteiger partial charge in [0, 0.05) is 0 Å². The van der Waals surface area contributed by atoms with Crippen molar-refractivity contribution in [1.82, 2.24) is 0 Å². The number of hydrogen-bond acceptors (Lipinski definition) is 2. The standard InChI is InChI=1S/C12H10F2O2/c13-12(14,8-9-15)11(16)7-6-10-4-2-1-3-5-10/h1-7,9H,8H2/b7-6+. The second-order valence-electron chi connectivity index (χ2n) is 3.18. The van der Waals surface area contributed by atoms with Crippen LogP contribution >= 0.6 is 0 Å². The monoisotopic (exact) mass is 224 g/mol. The molecule has 0 bridgehead atoms. The number of benzene rings is 1. The molecular formula is C12H10F2O2. The predicted molar refractivity (Wildman–Crippen MR) is 56.1 cm³/mol. The number of carbonyl (C=O) groups is 2. The highest BCUT2D eigenvalue weighted by molar-refractivity contribution is 5.99. The lowest BCUT2D eigenvalue weighted by atomic mass is 10.1. The summed E-state index contributed by atoms with van der Waals surface area (Å²) in [5, 5.41) is 0. The van der Waals surface area contributed by atoms with Crippen molar-refractivity contribution in [2.75, 3.05) is 0 Å². The third-order valence-electron chi connectivity index (χ3n) is 1.93. The fourth-order valence-electron chi connectivity index (χ4n) is 1.06. The first-order valence-corrected chi connectivity index (χ1v) is 4.65. The third-order valence-corrected chi connectivity index (χ3v) is 1.93. The van der Waals surface area contributed by atoms with E-state index in [9.17, 15) is 18.4 Å². The first-order chi connectivity index (χ1) is 7.56. The molecule has 0 heterocycles. The summed E-state index contributed by atoms with van der Waals surface area (Å²) in [6.07, 6.45) is 1.04. The molecule has 0 aromatic heterocycles. The van der Waals surface area contributed by atoms with E-state index < -0.39 is 18.1 Å². The average molecular weight is 224 g/mol. The van der Waals surface area contributed by atoms with Crippen molar-refractivity contribution < 1.29 is 18.4 Å². The Labute approximate surface area is 91.6 Å². The molecule has 0 N–H and O–H groups in total. The maximum Gasteiger partial charge on any atom is 0.315 e. The molecule has 4 heteroatoms. The SMILES string of the molecule is O=CCC(F)(F)C(=O)/C=C/c1ccccc1. The van der Waals surface area contributed by atoms with Gasteiger partial charge in [0.15, 0.2) is 0 Å². The van der Waals surface area contributed by atoms with Gasteiger partial charge in [0.05, 0.1) is 6.42 Å². The quantitative estimate of drug-likeness (QED) is 0.568. The lowest BCUT2D eigenvalue weighted by molar-refractivity contribution is -0.140. The second-order valence-corrected chi connectivity index (χ2v) is 3.18. The number of alkyl halides is 2. The topological polar surface area (TPSA) is 34.1 Å². The molecule has 0 aliphatic rings. The minimum atomic E-state index is -3.60. The Morgan fingerprint density at radius 1 is 1.25 bits per heavy atom. The van der Waals surface area contributed by atoms with Crippen molar-refractivity contribution in [1.29, 1.82) is 0 Å². The first-order valence-electron chi connectivity index (χ1n) is 4.65. The van der Waals surface area contributed by atoms with Gasteiger partial charge in [-0.1, -0.05) is 36.4 Å². The molecule has 0 aliphatic carbocycles. The molecule has 16 heavy (non-hydrogen) atoms. The highest BCUT2D eigenvalue weighted by Gasteiger charge is 2.35. The van der Waals surface area contributed by atoms with Crippen molar-refractivity contribution >= 4 is 18.1 Å². The van der Waals surface area contributed by atoms with Gasteiger partial charge >= 0.3 is 5.92 Å². The molecule has 1 aromatic rings. The maximum atomic E-state index is 12.9. The van der Waals surface area contributed by atoms with E-state index in [0.717, 1.165) is 6.08 Å². The molecule has 0 aliphatic heterocycles. The zero-order valence-corrected chi connectivity index (χ0v) is 8.40. The van der Waals surface area contributed by atoms with Gasteiger partial charge in [-0.05, 0) is 11.6 Å². The molecule has 0 fully saturated rings. The molecule has 0 atom stereocenters. The molecule has 0 unspecified atom stereocenters. The molecule has 0 saturated carbocycles. The van der Waals surface area contributed by atoms with E-state index in [0.29, 0.717) is 5.56 Å². The molecule has 0 amide bonds. The largest absolute Gasteiger partial charge is 0.315 e. The smallest absolute Gasteiger partial charge is 0.303 e. The van der Waals surface area contributed by atoms with Crippen LogP contribution in [0.15, 0.2) is 36.4 Å². The summed E-state index contributed by atoms with van der Waals surface area (Å²) in [6.45, 7) is 0. The van der Waals surface area contributed by atoms with E-state index in [4.69, 9.17) is 0 Å². The van der Waals surface area contributed by atoms with Crippen LogP contribution in [0.2, 0.25) is 0 Å². The fraction of sp³-hybridized carbons (Fsp3) is 0.167. The maximum absolute atomic E-state index is 12.9. The van der Waals surface area contributed by atoms with Crippen LogP contribution in [0.3, 0.4) is 0 Å². The van der Waals surface area contributed by atoms with Crippen LogP contribution in [0, 0.1) is 0 Å². The van der Waals surface area contributed by atoms with Gasteiger partial charge in [-0.25, -0.2) is 0 Å². The van der Waals surface area contributed by atoms with Gasteiger partial charge in [0.2, 0.25) is 5.78 Å². The minimum absolute atomic E-state index is 0.0360. The van der Waals surface area contributed by atoms with Crippen LogP contribution < -0.4 is 0 Å². The van der Waals surface area contributed by atoms with Crippen LogP contribution in [-0.4, -0.2) is 18.0 Å². The Morgan fingerprint density at radius 2 is 1.88 bits per heavy atom. The van der Waals surface area contributed by atoms with Gasteiger partial charge in [-0.2, -0.15) is 8.78 Å². The van der Waals surface area contributed by atoms with Crippen molar-refractivity contribution in [3.63, 3.8) is 0 Å². The number of carbonyl (C=O) groups excluding carboxylic acids is 2. The summed E-state index contributed by atoms with van der Waals surface area (Å²) in [7, 11) is 0. The van der Waals surface area contributed by atoms with E-state index in [2.05, 4.69) is 0 Å². The molecule has 2 nitrogen and oxygen atoms in total. The van der Waals surface area contributed by atoms with E-state index in [1.165, 1.54) is 6.08 Å². The fourth-order valence-corrected chi connectivity index (χ4v) is 1.06. The number of allylic oxidation sites excluding steroid dienone is 1. The van der Waals surface area contributed by atoms with Gasteiger partial charge in [0.1, 0.15) is 6.29 Å². The van der Waals surface area contributed by atoms with Gasteiger partial charge in [-0.15, -0.1) is 0 Å². The molecule has 1 aromatic carbocycles. The zero-order valence-electron chi connectivity index (χ0n) is 8.40. The zero-order chi connectivity index (χ0) is 12.0. The number of aldehydes is 1. The van der Waals surface area contributed by atoms with Gasteiger partial charge in [-0.3, -0.25) is 4.79 Å². The van der Waals surface area contributed by atoms with Crippen LogP contribution in [0.1, 0.15) is 12.0 Å². The Kier molecular flexibility index (Phi) is 4.05. The second kappa shape index (κ2) is 5.30. The lowest BCUT2D eigenvalue weighted by Crippen LogP contribution is -2.27. The minimum Gasteiger partial charge on any atom is -0.303 e. The summed E-state index contributed by atoms with van der Waals surface area (Å²) in [5.41, 5.74) is 0.651. The summed E-state index contributed by atoms with van der Waals surface area (Å²) in [6, 6.07) is 8.60. The van der Waals surface area contributed by atoms with Gasteiger partial charge in [0.25, 0.3) is 0 Å².